The molecule has 0 spiro atoms. The van der Waals surface area contributed by atoms with Gasteiger partial charge in [-0.05, 0) is 102 Å². The zero-order valence-corrected chi connectivity index (χ0v) is 25.5. The highest BCUT2D eigenvalue weighted by molar-refractivity contribution is 9.10. The van der Waals surface area contributed by atoms with Crippen molar-refractivity contribution in [2.75, 3.05) is 27.4 Å². The number of H-pyrrole nitrogens is 1. The van der Waals surface area contributed by atoms with Gasteiger partial charge in [0, 0.05) is 6.54 Å². The molecule has 1 heterocycles. The number of hydrogen-bond donors (Lipinski definition) is 2. The van der Waals surface area contributed by atoms with Crippen LogP contribution in [0.1, 0.15) is 34.1 Å². The van der Waals surface area contributed by atoms with E-state index in [1.165, 1.54) is 0 Å². The van der Waals surface area contributed by atoms with Gasteiger partial charge >= 0.3 is 5.69 Å². The number of benzene rings is 3. The first-order chi connectivity index (χ1) is 20.1. The Labute approximate surface area is 250 Å². The van der Waals surface area contributed by atoms with Crippen LogP contribution in [0.15, 0.2) is 62.6 Å². The number of halogens is 1. The minimum Gasteiger partial charge on any atom is -0.496 e. The largest absolute Gasteiger partial charge is 0.496 e. The highest BCUT2D eigenvalue weighted by Gasteiger charge is 2.18. The van der Waals surface area contributed by atoms with Crippen molar-refractivity contribution in [3.8, 4) is 34.4 Å². The Hall–Kier alpha value is -4.58. The Kier molecular flexibility index (Phi) is 9.68. The maximum absolute atomic E-state index is 12.9. The molecule has 12 heteroatoms. The zero-order valence-electron chi connectivity index (χ0n) is 23.9. The number of nitrogens with zero attached hydrogens (tertiary/aromatic N) is 2. The summed E-state index contributed by atoms with van der Waals surface area (Å²) in [6.07, 6.45) is 0.469. The zero-order chi connectivity index (χ0) is 30.4. The fourth-order valence-electron chi connectivity index (χ4n) is 4.31. The van der Waals surface area contributed by atoms with Gasteiger partial charge in [0.15, 0.2) is 11.5 Å². The van der Waals surface area contributed by atoms with Crippen molar-refractivity contribution in [3.05, 3.63) is 96.2 Å². The molecule has 4 rings (SSSR count). The van der Waals surface area contributed by atoms with Crippen molar-refractivity contribution in [1.82, 2.24) is 20.1 Å². The Bertz CT molecular complexity index is 1710. The molecule has 1 aromatic heterocycles. The van der Waals surface area contributed by atoms with Gasteiger partial charge in [0.2, 0.25) is 5.69 Å². The molecule has 3 aromatic carbocycles. The van der Waals surface area contributed by atoms with Crippen LogP contribution >= 0.6 is 15.9 Å². The molecule has 0 radical (unpaired) electrons. The van der Waals surface area contributed by atoms with Crippen LogP contribution in [-0.2, 0) is 6.42 Å². The molecular weight excluding hydrogens is 608 g/mol. The molecular formula is C30H31BrN4O7. The van der Waals surface area contributed by atoms with E-state index in [2.05, 4.69) is 31.3 Å². The van der Waals surface area contributed by atoms with Gasteiger partial charge in [0.05, 0.1) is 31.0 Å². The lowest BCUT2D eigenvalue weighted by Gasteiger charge is -2.15. The topological polar surface area (TPSA) is 134 Å². The van der Waals surface area contributed by atoms with Gasteiger partial charge < -0.3 is 24.3 Å². The summed E-state index contributed by atoms with van der Waals surface area (Å²) in [5, 5.41) is 6.80. The van der Waals surface area contributed by atoms with Gasteiger partial charge in [-0.15, -0.1) is 0 Å². The third-order valence-electron chi connectivity index (χ3n) is 6.30. The molecule has 4 aromatic rings. The van der Waals surface area contributed by atoms with Crippen LogP contribution in [0.5, 0.6) is 28.7 Å². The first-order valence-corrected chi connectivity index (χ1v) is 13.9. The molecule has 2 N–H and O–H groups in total. The molecule has 0 atom stereocenters. The maximum Gasteiger partial charge on any atom is 0.349 e. The van der Waals surface area contributed by atoms with Crippen molar-refractivity contribution >= 4 is 21.8 Å². The highest BCUT2D eigenvalue weighted by atomic mass is 79.9. The molecule has 0 aliphatic carbocycles. The van der Waals surface area contributed by atoms with Crippen LogP contribution in [0.25, 0.3) is 5.69 Å². The number of amides is 1. The third kappa shape index (κ3) is 6.82. The van der Waals surface area contributed by atoms with Crippen LogP contribution in [0.4, 0.5) is 0 Å². The van der Waals surface area contributed by atoms with Crippen LogP contribution < -0.4 is 35.5 Å². The fourth-order valence-corrected chi connectivity index (χ4v) is 4.83. The quantitative estimate of drug-likeness (QED) is 0.246. The number of aryl methyl sites for hydroxylation is 2. The predicted octanol–water partition coefficient (Wildman–Crippen LogP) is 4.48. The van der Waals surface area contributed by atoms with Crippen LogP contribution in [0.3, 0.4) is 0 Å². The van der Waals surface area contributed by atoms with E-state index in [1.807, 2.05) is 32.9 Å². The summed E-state index contributed by atoms with van der Waals surface area (Å²) >= 11 is 3.45. The lowest BCUT2D eigenvalue weighted by atomic mass is 10.1. The first-order valence-electron chi connectivity index (χ1n) is 13.1. The van der Waals surface area contributed by atoms with Gasteiger partial charge in [-0.3, -0.25) is 14.6 Å². The minimum atomic E-state index is -0.880. The molecule has 0 fully saturated rings. The van der Waals surface area contributed by atoms with Crippen molar-refractivity contribution in [2.24, 2.45) is 0 Å². The molecule has 11 nitrogen and oxygen atoms in total. The Balaban J connectivity index is 1.52. The second kappa shape index (κ2) is 13.4. The molecule has 0 saturated heterocycles. The number of ether oxygens (including phenoxy) is 4. The normalized spacial score (nSPS) is 10.7. The number of nitrogens with one attached hydrogen (secondary N) is 2. The molecule has 0 unspecified atom stereocenters. The standard InChI is InChI=1S/C30H31BrN4O7/c1-6-41-24-9-7-19(15-25(24)40-5)11-12-32-28(36)26-29(37)33-30(38)35(34-26)20-13-17(2)27(18(3)14-20)42-21-8-10-23(39-4)22(31)16-21/h7-10,13-16H,6,11-12H2,1-5H3,(H,32,36)(H,33,37,38). The average molecular weight is 640 g/mol. The smallest absolute Gasteiger partial charge is 0.349 e. The second-order valence-corrected chi connectivity index (χ2v) is 10.1. The van der Waals surface area contributed by atoms with E-state index in [-0.39, 0.29) is 6.54 Å². The van der Waals surface area contributed by atoms with Gasteiger partial charge in [-0.25, -0.2) is 4.79 Å². The van der Waals surface area contributed by atoms with E-state index in [0.29, 0.717) is 58.6 Å². The first kappa shape index (κ1) is 30.4. The van der Waals surface area contributed by atoms with E-state index in [4.69, 9.17) is 18.9 Å². The van der Waals surface area contributed by atoms with Crippen LogP contribution in [-0.4, -0.2) is 48.0 Å². The van der Waals surface area contributed by atoms with Gasteiger partial charge in [-0.2, -0.15) is 9.78 Å². The number of aromatic amines is 1. The summed E-state index contributed by atoms with van der Waals surface area (Å²) in [4.78, 5) is 40.3. The van der Waals surface area contributed by atoms with E-state index in [9.17, 15) is 14.4 Å². The van der Waals surface area contributed by atoms with Gasteiger partial charge in [0.25, 0.3) is 11.5 Å². The summed E-state index contributed by atoms with van der Waals surface area (Å²) in [5.41, 5.74) is 0.613. The van der Waals surface area contributed by atoms with Gasteiger partial charge in [0.1, 0.15) is 17.2 Å². The molecule has 42 heavy (non-hydrogen) atoms. The maximum atomic E-state index is 12.9. The lowest BCUT2D eigenvalue weighted by Crippen LogP contribution is -2.39. The lowest BCUT2D eigenvalue weighted by molar-refractivity contribution is 0.0945. The number of methoxy groups -OCH3 is 2. The molecule has 0 aliphatic rings. The summed E-state index contributed by atoms with van der Waals surface area (Å²) in [6.45, 7) is 6.27. The molecule has 0 saturated carbocycles. The Morgan fingerprint density at radius 2 is 1.67 bits per heavy atom. The third-order valence-corrected chi connectivity index (χ3v) is 6.92. The summed E-state index contributed by atoms with van der Waals surface area (Å²) < 4.78 is 24.0. The molecule has 0 bridgehead atoms. The molecule has 0 aliphatic heterocycles. The SMILES string of the molecule is CCOc1ccc(CCNC(=O)c2nn(-c3cc(C)c(Oc4ccc(OC)c(Br)c4)c(C)c3)c(=O)[nH]c2=O)cc1OC. The number of aromatic nitrogens is 3. The highest BCUT2D eigenvalue weighted by Crippen LogP contribution is 2.35. The van der Waals surface area contributed by atoms with Crippen molar-refractivity contribution < 1.29 is 23.7 Å². The summed E-state index contributed by atoms with van der Waals surface area (Å²) in [6, 6.07) is 14.2. The summed E-state index contributed by atoms with van der Waals surface area (Å²) in [7, 11) is 3.14. The number of rotatable bonds is 11. The van der Waals surface area contributed by atoms with Crippen LogP contribution in [0.2, 0.25) is 0 Å². The second-order valence-electron chi connectivity index (χ2n) is 9.25. The van der Waals surface area contributed by atoms with E-state index in [1.54, 1.807) is 50.6 Å². The average Bonchev–Trinajstić information content (AvgIpc) is 2.95. The Morgan fingerprint density at radius 3 is 2.31 bits per heavy atom. The fraction of sp³-hybridized carbons (Fsp3) is 0.267. The molecule has 1 amide bonds. The number of carbonyl (C=O) groups excluding carboxylic acids is 1. The number of carbonyl (C=O) groups is 1. The minimum absolute atomic E-state index is 0.224. The van der Waals surface area contributed by atoms with E-state index >= 15 is 0 Å². The van der Waals surface area contributed by atoms with Gasteiger partial charge in [-0.1, -0.05) is 6.07 Å². The monoisotopic (exact) mass is 638 g/mol. The van der Waals surface area contributed by atoms with Crippen LogP contribution in [0, 0.1) is 13.8 Å². The molecule has 220 valence electrons. The predicted molar refractivity (Wildman–Crippen MR) is 161 cm³/mol. The van der Waals surface area contributed by atoms with Crippen molar-refractivity contribution in [2.45, 2.75) is 27.2 Å². The number of hydrogen-bond acceptors (Lipinski definition) is 8. The summed E-state index contributed by atoms with van der Waals surface area (Å²) in [5.74, 6) is 2.36. The Morgan fingerprint density at radius 1 is 0.976 bits per heavy atom. The van der Waals surface area contributed by atoms with E-state index in [0.717, 1.165) is 14.7 Å². The van der Waals surface area contributed by atoms with E-state index < -0.39 is 22.9 Å². The van der Waals surface area contributed by atoms with Crippen molar-refractivity contribution in [1.29, 1.82) is 0 Å². The van der Waals surface area contributed by atoms with Crippen molar-refractivity contribution in [3.63, 3.8) is 0 Å².